The summed E-state index contributed by atoms with van der Waals surface area (Å²) in [6.07, 6.45) is 1.67. The lowest BCUT2D eigenvalue weighted by atomic mass is 9.89. The topological polar surface area (TPSA) is 41.6 Å². The van der Waals surface area contributed by atoms with Gasteiger partial charge >= 0.3 is 0 Å². The van der Waals surface area contributed by atoms with Gasteiger partial charge in [0.1, 0.15) is 0 Å². The number of hydrogen-bond acceptors (Lipinski definition) is 4. The van der Waals surface area contributed by atoms with Gasteiger partial charge in [-0.15, -0.1) is 0 Å². The number of carbonyl (C=O) groups is 1. The van der Waals surface area contributed by atoms with Crippen LogP contribution < -0.4 is 10.2 Å². The maximum atomic E-state index is 12.9. The first-order valence-corrected chi connectivity index (χ1v) is 10.2. The van der Waals surface area contributed by atoms with E-state index in [0.29, 0.717) is 0 Å². The first-order chi connectivity index (χ1) is 13.6. The molecule has 1 atom stereocenters. The van der Waals surface area contributed by atoms with Crippen molar-refractivity contribution in [1.29, 1.82) is 0 Å². The zero-order valence-corrected chi connectivity index (χ0v) is 17.7. The molecule has 2 aromatic rings. The van der Waals surface area contributed by atoms with Crippen LogP contribution in [-0.4, -0.2) is 46.2 Å². The van der Waals surface area contributed by atoms with Gasteiger partial charge in [0.2, 0.25) is 0 Å². The van der Waals surface area contributed by atoms with Crippen LogP contribution in [0.15, 0.2) is 48.5 Å². The summed E-state index contributed by atoms with van der Waals surface area (Å²) >= 11 is 0. The van der Waals surface area contributed by atoms with Gasteiger partial charge in [-0.25, -0.2) is 0 Å². The van der Waals surface area contributed by atoms with Crippen molar-refractivity contribution in [2.24, 2.45) is 5.92 Å². The Hall–Kier alpha value is -2.17. The lowest BCUT2D eigenvalue weighted by molar-refractivity contribution is 0.0916. The highest BCUT2D eigenvalue weighted by Crippen LogP contribution is 2.22. The molecule has 4 nitrogen and oxygen atoms in total. The van der Waals surface area contributed by atoms with E-state index >= 15 is 0 Å². The van der Waals surface area contributed by atoms with Gasteiger partial charge in [0, 0.05) is 30.3 Å². The molecule has 1 unspecified atom stereocenters. The standard InChI is InChI=1S/C22H27NO2.C2H7N/c1-3-19(16-18-6-4-17(2)5-7-18)22(24)20-8-10-21(11-9-20)23-12-14-25-15-13-23;1-3-2/h4-11,19H,3,12-16H2,1-2H3;3H,1-2H3. The molecule has 0 saturated carbocycles. The van der Waals surface area contributed by atoms with Crippen molar-refractivity contribution in [2.75, 3.05) is 45.3 Å². The SMILES string of the molecule is CCC(Cc1ccc(C)cc1)C(=O)c1ccc(N2CCOCC2)cc1.CNC. The Morgan fingerprint density at radius 1 is 1.04 bits per heavy atom. The third-order valence-electron chi connectivity index (χ3n) is 4.99. The monoisotopic (exact) mass is 382 g/mol. The number of morpholine rings is 1. The van der Waals surface area contributed by atoms with Crippen molar-refractivity contribution < 1.29 is 9.53 Å². The molecule has 1 heterocycles. The molecule has 4 heteroatoms. The predicted octanol–water partition coefficient (Wildman–Crippen LogP) is 4.12. The van der Waals surface area contributed by atoms with E-state index in [2.05, 4.69) is 60.5 Å². The second-order valence-corrected chi connectivity index (χ2v) is 7.31. The summed E-state index contributed by atoms with van der Waals surface area (Å²) in [5.74, 6) is 0.286. The molecule has 1 fully saturated rings. The summed E-state index contributed by atoms with van der Waals surface area (Å²) in [7, 11) is 3.75. The van der Waals surface area contributed by atoms with E-state index in [0.717, 1.165) is 44.7 Å². The fraction of sp³-hybridized carbons (Fsp3) is 0.458. The number of ketones is 1. The van der Waals surface area contributed by atoms with Crippen molar-refractivity contribution in [3.8, 4) is 0 Å². The Kier molecular flexibility index (Phi) is 9.18. The maximum absolute atomic E-state index is 12.9. The quantitative estimate of drug-likeness (QED) is 0.763. The number of Topliss-reactive ketones (excluding diaryl/α,β-unsaturated/α-hetero) is 1. The average molecular weight is 383 g/mol. The van der Waals surface area contributed by atoms with E-state index in [1.807, 2.05) is 26.2 Å². The normalized spacial score (nSPS) is 14.8. The van der Waals surface area contributed by atoms with Gasteiger partial charge in [0.05, 0.1) is 13.2 Å². The molecule has 3 rings (SSSR count). The summed E-state index contributed by atoms with van der Waals surface area (Å²) < 4.78 is 5.40. The van der Waals surface area contributed by atoms with Gasteiger partial charge in [-0.2, -0.15) is 0 Å². The highest BCUT2D eigenvalue weighted by Gasteiger charge is 2.19. The van der Waals surface area contributed by atoms with E-state index in [1.165, 1.54) is 16.8 Å². The van der Waals surface area contributed by atoms with E-state index < -0.39 is 0 Å². The summed E-state index contributed by atoms with van der Waals surface area (Å²) in [6, 6.07) is 16.6. The molecule has 0 aliphatic carbocycles. The number of carbonyl (C=O) groups excluding carboxylic acids is 1. The first kappa shape index (κ1) is 22.1. The highest BCUT2D eigenvalue weighted by atomic mass is 16.5. The lowest BCUT2D eigenvalue weighted by Gasteiger charge is -2.29. The minimum Gasteiger partial charge on any atom is -0.378 e. The van der Waals surface area contributed by atoms with Crippen LogP contribution in [0.2, 0.25) is 0 Å². The van der Waals surface area contributed by atoms with Gasteiger partial charge in [0.25, 0.3) is 0 Å². The smallest absolute Gasteiger partial charge is 0.166 e. The molecule has 0 radical (unpaired) electrons. The van der Waals surface area contributed by atoms with Crippen molar-refractivity contribution in [2.45, 2.75) is 26.7 Å². The van der Waals surface area contributed by atoms with E-state index in [4.69, 9.17) is 4.74 Å². The van der Waals surface area contributed by atoms with Gasteiger partial charge in [-0.3, -0.25) is 4.79 Å². The Labute approximate surface area is 169 Å². The zero-order chi connectivity index (χ0) is 20.4. The molecule has 0 spiro atoms. The number of aryl methyl sites for hydroxylation is 1. The third kappa shape index (κ3) is 6.47. The summed E-state index contributed by atoms with van der Waals surface area (Å²) in [6.45, 7) is 7.56. The van der Waals surface area contributed by atoms with E-state index in [-0.39, 0.29) is 11.7 Å². The van der Waals surface area contributed by atoms with Crippen molar-refractivity contribution in [3.63, 3.8) is 0 Å². The van der Waals surface area contributed by atoms with Crippen molar-refractivity contribution >= 4 is 11.5 Å². The summed E-state index contributed by atoms with van der Waals surface area (Å²) in [5.41, 5.74) is 4.47. The van der Waals surface area contributed by atoms with Crippen LogP contribution in [0.4, 0.5) is 5.69 Å². The van der Waals surface area contributed by atoms with Crippen LogP contribution in [0.5, 0.6) is 0 Å². The fourth-order valence-corrected chi connectivity index (χ4v) is 3.32. The van der Waals surface area contributed by atoms with Gasteiger partial charge < -0.3 is 15.0 Å². The first-order valence-electron chi connectivity index (χ1n) is 10.2. The third-order valence-corrected chi connectivity index (χ3v) is 4.99. The Morgan fingerprint density at radius 3 is 2.14 bits per heavy atom. The highest BCUT2D eigenvalue weighted by molar-refractivity contribution is 5.98. The van der Waals surface area contributed by atoms with E-state index in [9.17, 15) is 4.79 Å². The van der Waals surface area contributed by atoms with Crippen LogP contribution in [0.1, 0.15) is 34.8 Å². The second-order valence-electron chi connectivity index (χ2n) is 7.31. The Morgan fingerprint density at radius 2 is 1.61 bits per heavy atom. The number of hydrogen-bond donors (Lipinski definition) is 1. The molecular weight excluding hydrogens is 348 g/mol. The largest absolute Gasteiger partial charge is 0.378 e. The van der Waals surface area contributed by atoms with Gasteiger partial charge in [-0.1, -0.05) is 36.8 Å². The molecule has 1 aliphatic rings. The van der Waals surface area contributed by atoms with Gasteiger partial charge in [0.15, 0.2) is 5.78 Å². The number of benzene rings is 2. The summed E-state index contributed by atoms with van der Waals surface area (Å²) in [5, 5.41) is 2.75. The molecule has 28 heavy (non-hydrogen) atoms. The summed E-state index contributed by atoms with van der Waals surface area (Å²) in [4.78, 5) is 15.2. The molecule has 0 amide bonds. The van der Waals surface area contributed by atoms with Crippen molar-refractivity contribution in [1.82, 2.24) is 5.32 Å². The molecular formula is C24H34N2O2. The van der Waals surface area contributed by atoms with Gasteiger partial charge in [-0.05, 0) is 63.7 Å². The number of nitrogens with one attached hydrogen (secondary N) is 1. The van der Waals surface area contributed by atoms with Crippen LogP contribution >= 0.6 is 0 Å². The maximum Gasteiger partial charge on any atom is 0.166 e. The average Bonchev–Trinajstić information content (AvgIpc) is 2.74. The Balaban J connectivity index is 0.000000878. The molecule has 1 N–H and O–H groups in total. The number of anilines is 1. The van der Waals surface area contributed by atoms with Crippen LogP contribution in [0, 0.1) is 12.8 Å². The molecule has 1 saturated heterocycles. The molecule has 2 aromatic carbocycles. The second kappa shape index (κ2) is 11.6. The molecule has 0 aromatic heterocycles. The number of rotatable bonds is 6. The van der Waals surface area contributed by atoms with Crippen LogP contribution in [0.25, 0.3) is 0 Å². The number of ether oxygens (including phenoxy) is 1. The van der Waals surface area contributed by atoms with Crippen LogP contribution in [-0.2, 0) is 11.2 Å². The molecule has 0 bridgehead atoms. The minimum atomic E-state index is 0.0388. The lowest BCUT2D eigenvalue weighted by Crippen LogP contribution is -2.36. The molecule has 152 valence electrons. The van der Waals surface area contributed by atoms with Crippen molar-refractivity contribution in [3.05, 3.63) is 65.2 Å². The predicted molar refractivity (Wildman–Crippen MR) is 117 cm³/mol. The fourth-order valence-electron chi connectivity index (χ4n) is 3.32. The van der Waals surface area contributed by atoms with E-state index in [1.54, 1.807) is 0 Å². The zero-order valence-electron chi connectivity index (χ0n) is 17.7. The molecule has 1 aliphatic heterocycles. The number of nitrogens with zero attached hydrogens (tertiary/aromatic N) is 1. The minimum absolute atomic E-state index is 0.0388. The van der Waals surface area contributed by atoms with Crippen LogP contribution in [0.3, 0.4) is 0 Å². The Bertz CT molecular complexity index is 704.